The molecule has 3 aromatic carbocycles. The summed E-state index contributed by atoms with van der Waals surface area (Å²) in [7, 11) is -4.50. The molecule has 28 heteroatoms. The lowest BCUT2D eigenvalue weighted by Crippen LogP contribution is -2.64. The first kappa shape index (κ1) is 70.1. The number of alkyl carbamates (subject to hydrolysis) is 1. The van der Waals surface area contributed by atoms with Gasteiger partial charge in [0.25, 0.3) is 16.0 Å². The number of thiazole rings is 1. The summed E-state index contributed by atoms with van der Waals surface area (Å²) in [5, 5.41) is 29.7. The van der Waals surface area contributed by atoms with Gasteiger partial charge >= 0.3 is 24.2 Å². The van der Waals surface area contributed by atoms with E-state index in [4.69, 9.17) is 30.0 Å². The molecule has 7 amide bonds. The maximum absolute atomic E-state index is 13.9. The Labute approximate surface area is 561 Å². The molecule has 96 heavy (non-hydrogen) atoms. The molecule has 1 aliphatic heterocycles. The fourth-order valence-corrected chi connectivity index (χ4v) is 16.8. The number of aromatic carboxylic acids is 1. The molecule has 3 aromatic heterocycles. The number of primary amides is 1. The molecular weight excluding hydrogens is 1270 g/mol. The number of para-hydroxylation sites is 1. The number of rotatable bonds is 26. The molecule has 4 heterocycles. The number of benzene rings is 3. The highest BCUT2D eigenvalue weighted by Crippen LogP contribution is 2.72. The van der Waals surface area contributed by atoms with Crippen molar-refractivity contribution in [2.24, 2.45) is 27.9 Å². The van der Waals surface area contributed by atoms with Crippen molar-refractivity contribution in [3.63, 3.8) is 0 Å². The number of carbonyl (C=O) groups excluding carboxylic acids is 6. The van der Waals surface area contributed by atoms with Crippen molar-refractivity contribution in [1.29, 1.82) is 0 Å². The Morgan fingerprint density at radius 2 is 1.57 bits per heavy atom. The molecule has 4 saturated carbocycles. The predicted molar refractivity (Wildman–Crippen MR) is 361 cm³/mol. The highest BCUT2D eigenvalue weighted by Gasteiger charge is 2.66. The number of anilines is 3. The minimum absolute atomic E-state index is 0.0378. The maximum Gasteiger partial charge on any atom is 0.410 e. The molecule has 9 N–H and O–H groups in total. The Kier molecular flexibility index (Phi) is 20.6. The van der Waals surface area contributed by atoms with Crippen molar-refractivity contribution in [1.82, 2.24) is 40.6 Å². The summed E-state index contributed by atoms with van der Waals surface area (Å²) in [5.41, 5.74) is 9.07. The lowest BCUT2D eigenvalue weighted by molar-refractivity contribution is -0.248. The molecule has 5 aliphatic rings. The first-order valence-corrected chi connectivity index (χ1v) is 34.7. The van der Waals surface area contributed by atoms with E-state index in [1.165, 1.54) is 16.2 Å². The minimum Gasteiger partial charge on any atom is -0.476 e. The van der Waals surface area contributed by atoms with E-state index in [2.05, 4.69) is 45.4 Å². The van der Waals surface area contributed by atoms with Gasteiger partial charge in [0, 0.05) is 67.3 Å². The third-order valence-electron chi connectivity index (χ3n) is 18.4. The Morgan fingerprint density at radius 1 is 0.844 bits per heavy atom. The zero-order valence-corrected chi connectivity index (χ0v) is 57.0. The third-order valence-corrected chi connectivity index (χ3v) is 20.1. The summed E-state index contributed by atoms with van der Waals surface area (Å²) in [4.78, 5) is 105. The van der Waals surface area contributed by atoms with Gasteiger partial charge in [-0.25, -0.2) is 29.1 Å². The minimum atomic E-state index is -4.50. The summed E-state index contributed by atoms with van der Waals surface area (Å²) in [6, 6.07) is 20.4. The number of pyridine rings is 1. The van der Waals surface area contributed by atoms with Crippen LogP contribution in [0.3, 0.4) is 0 Å². The molecule has 4 fully saturated rings. The van der Waals surface area contributed by atoms with Gasteiger partial charge in [-0.1, -0.05) is 75.4 Å². The SMILES string of the molecule is Cc1c(-c2ccc(N3CCc4cccc(C(=O)Nc5nc6ccccc6s5)c4C3)nc2C(=O)O)cnn1CC12CC3(C)CC(C)(C1)CC(OCCN(CCS(=O)(=O)O)C(=O)OCc1ccc(NC(=O)C(CCCNC(N)=O)NC(=O)C(NC(=O)OC(C)(C)C)C(C)C)cc1)(C3)C2. The number of carbonyl (C=O) groups is 7. The van der Waals surface area contributed by atoms with E-state index in [9.17, 15) is 51.6 Å². The monoisotopic (exact) mass is 1360 g/mol. The predicted octanol–water partition coefficient (Wildman–Crippen LogP) is 9.46. The van der Waals surface area contributed by atoms with Gasteiger partial charge in [0.05, 0.1) is 34.4 Å². The zero-order chi connectivity index (χ0) is 69.1. The largest absolute Gasteiger partial charge is 0.476 e. The molecule has 4 bridgehead atoms. The van der Waals surface area contributed by atoms with Crippen LogP contribution >= 0.6 is 11.3 Å². The normalized spacial score (nSPS) is 21.0. The first-order chi connectivity index (χ1) is 45.3. The molecule has 0 saturated heterocycles. The molecule has 26 nitrogen and oxygen atoms in total. The summed E-state index contributed by atoms with van der Waals surface area (Å²) in [6.45, 7) is 16.0. The quantitative estimate of drug-likeness (QED) is 0.0185. The Morgan fingerprint density at radius 3 is 2.25 bits per heavy atom. The van der Waals surface area contributed by atoms with Crippen molar-refractivity contribution in [2.45, 2.75) is 156 Å². The summed E-state index contributed by atoms with van der Waals surface area (Å²) < 4.78 is 54.9. The van der Waals surface area contributed by atoms with Crippen molar-refractivity contribution in [3.8, 4) is 11.1 Å². The van der Waals surface area contributed by atoms with Gasteiger partial charge in [-0.15, -0.1) is 0 Å². The van der Waals surface area contributed by atoms with Crippen LogP contribution in [0.5, 0.6) is 0 Å². The van der Waals surface area contributed by atoms with Crippen LogP contribution in [0.2, 0.25) is 0 Å². The van der Waals surface area contributed by atoms with Gasteiger partial charge in [-0.05, 0) is 167 Å². The van der Waals surface area contributed by atoms with Gasteiger partial charge in [-0.2, -0.15) is 13.5 Å². The van der Waals surface area contributed by atoms with Crippen LogP contribution in [0.1, 0.15) is 143 Å². The number of amides is 7. The zero-order valence-electron chi connectivity index (χ0n) is 55.4. The molecule has 0 radical (unpaired) electrons. The van der Waals surface area contributed by atoms with Crippen molar-refractivity contribution in [2.75, 3.05) is 54.1 Å². The van der Waals surface area contributed by atoms with Crippen molar-refractivity contribution >= 4 is 90.2 Å². The number of urea groups is 1. The fourth-order valence-electron chi connectivity index (χ4n) is 15.5. The molecule has 4 unspecified atom stereocenters. The molecule has 514 valence electrons. The number of nitrogens with zero attached hydrogens (tertiary/aromatic N) is 6. The van der Waals surface area contributed by atoms with E-state index in [1.807, 2.05) is 59.0 Å². The first-order valence-electron chi connectivity index (χ1n) is 32.3. The molecule has 11 rings (SSSR count). The second kappa shape index (κ2) is 28.2. The topological polar surface area (TPSA) is 358 Å². The van der Waals surface area contributed by atoms with E-state index >= 15 is 0 Å². The Bertz CT molecular complexity index is 4000. The number of fused-ring (bicyclic) bond motifs is 2. The molecule has 0 spiro atoms. The van der Waals surface area contributed by atoms with Crippen LogP contribution in [-0.2, 0) is 60.0 Å². The van der Waals surface area contributed by atoms with Crippen LogP contribution < -0.4 is 37.2 Å². The third kappa shape index (κ3) is 17.1. The van der Waals surface area contributed by atoms with Crippen LogP contribution in [0.4, 0.5) is 31.0 Å². The van der Waals surface area contributed by atoms with E-state index in [-0.39, 0.29) is 79.5 Å². The lowest BCUT2D eigenvalue weighted by Gasteiger charge is -2.69. The highest BCUT2D eigenvalue weighted by atomic mass is 32.2. The second-order valence-electron chi connectivity index (χ2n) is 28.3. The summed E-state index contributed by atoms with van der Waals surface area (Å²) in [5.74, 6) is -3.36. The second-order valence-corrected chi connectivity index (χ2v) is 30.9. The average molecular weight is 1360 g/mol. The Hall–Kier alpha value is -8.73. The molecular formula is C68H86N12O14S2. The van der Waals surface area contributed by atoms with Crippen molar-refractivity contribution < 1.29 is 65.8 Å². The van der Waals surface area contributed by atoms with E-state index in [1.54, 1.807) is 77.2 Å². The summed E-state index contributed by atoms with van der Waals surface area (Å²) in [6.07, 6.45) is 6.04. The van der Waals surface area contributed by atoms with Crippen LogP contribution in [0, 0.1) is 29.1 Å². The van der Waals surface area contributed by atoms with Crippen LogP contribution in [0.15, 0.2) is 85.1 Å². The number of nitrogens with two attached hydrogens (primary N) is 1. The number of aromatic nitrogens is 4. The fraction of sp³-hybridized carbons (Fsp3) is 0.500. The maximum atomic E-state index is 13.9. The van der Waals surface area contributed by atoms with Gasteiger partial charge < -0.3 is 56.1 Å². The molecule has 4 aliphatic carbocycles. The standard InChI is InChI=1S/C68H86N12O14S2/c1-41(2)54(76-62(87)94-64(4,5)6)58(83)73-51(16-12-25-70-60(69)86)57(82)72-45-20-18-43(19-21-45)33-92-63(88)78(28-30-96(89,90)91)27-29-93-68-37-65(7)34-66(8,38-68)36-67(35-65,39-68)40-80-42(3)48(31-71-80)46-22-23-53(75-55(46)59(84)85)79-26-24-44-13-11-14-47(49(44)32-79)56(81)77-61-74-50-15-9-10-17-52(50)95-61/h9-11,13-15,17-23,31,41,51,54H,12,16,24-30,32-40H2,1-8H3,(H,72,82)(H,73,83)(H,76,87)(H,84,85)(H3,69,70,86)(H,74,77,81)(H,89,90,91). The van der Waals surface area contributed by atoms with E-state index < -0.39 is 75.2 Å². The number of nitrogens with one attached hydrogen (secondary N) is 5. The lowest BCUT2D eigenvalue weighted by atomic mass is 9.39. The van der Waals surface area contributed by atoms with Gasteiger partial charge in [0.15, 0.2) is 10.8 Å². The number of hydrogen-bond acceptors (Lipinski definition) is 17. The van der Waals surface area contributed by atoms with E-state index in [0.29, 0.717) is 71.4 Å². The van der Waals surface area contributed by atoms with Gasteiger partial charge in [0.1, 0.15) is 30.1 Å². The van der Waals surface area contributed by atoms with Gasteiger partial charge in [0.2, 0.25) is 11.8 Å². The van der Waals surface area contributed by atoms with Crippen LogP contribution in [0.25, 0.3) is 21.3 Å². The number of carboxylic acids is 1. The number of carboxylic acid groups (broad SMARTS) is 1. The number of ether oxygens (including phenoxy) is 3. The highest BCUT2D eigenvalue weighted by molar-refractivity contribution is 7.85. The summed E-state index contributed by atoms with van der Waals surface area (Å²) >= 11 is 1.40. The molecule has 4 atom stereocenters. The Balaban J connectivity index is 0.773. The van der Waals surface area contributed by atoms with Gasteiger partial charge in [-0.3, -0.25) is 28.9 Å². The molecule has 6 aromatic rings. The van der Waals surface area contributed by atoms with Crippen molar-refractivity contribution in [3.05, 3.63) is 119 Å². The smallest absolute Gasteiger partial charge is 0.410 e. The average Bonchev–Trinajstić information content (AvgIpc) is 0.776. The van der Waals surface area contributed by atoms with E-state index in [0.717, 1.165) is 59.1 Å². The van der Waals surface area contributed by atoms with Crippen LogP contribution in [-0.4, -0.2) is 146 Å². The number of hydrogen-bond donors (Lipinski definition) is 8.